The van der Waals surface area contributed by atoms with E-state index in [1.165, 1.54) is 36.4 Å². The summed E-state index contributed by atoms with van der Waals surface area (Å²) in [5.41, 5.74) is 6.28. The first kappa shape index (κ1) is 16.4. The van der Waals surface area contributed by atoms with E-state index in [9.17, 15) is 9.18 Å². The molecule has 116 valence electrons. The Kier molecular flexibility index (Phi) is 5.11. The maximum atomic E-state index is 12.8. The molecule has 1 amide bonds. The van der Waals surface area contributed by atoms with Gasteiger partial charge in [-0.15, -0.1) is 0 Å². The zero-order chi connectivity index (χ0) is 16.3. The molecule has 0 aliphatic carbocycles. The lowest BCUT2D eigenvalue weighted by Crippen LogP contribution is -2.30. The lowest BCUT2D eigenvalue weighted by molar-refractivity contribution is -0.122. The number of hydrogen-bond donors (Lipinski definition) is 2. The summed E-state index contributed by atoms with van der Waals surface area (Å²) in [4.78, 5) is 12.1. The van der Waals surface area contributed by atoms with Crippen LogP contribution in [0.4, 0.5) is 15.8 Å². The van der Waals surface area contributed by atoms with Gasteiger partial charge in [0.2, 0.25) is 0 Å². The van der Waals surface area contributed by atoms with Crippen LogP contribution in [0.15, 0.2) is 36.4 Å². The Hall–Kier alpha value is -1.98. The fourth-order valence-electron chi connectivity index (χ4n) is 1.67. The summed E-state index contributed by atoms with van der Waals surface area (Å²) < 4.78 is 18.2. The van der Waals surface area contributed by atoms with Gasteiger partial charge in [0.1, 0.15) is 11.6 Å². The topological polar surface area (TPSA) is 64.3 Å². The summed E-state index contributed by atoms with van der Waals surface area (Å²) in [5, 5.41) is 3.11. The van der Waals surface area contributed by atoms with E-state index in [1.54, 1.807) is 6.92 Å². The number of carbonyl (C=O) groups is 1. The number of halogens is 3. The molecular formula is C15H13Cl2FN2O2. The third-order valence-electron chi connectivity index (χ3n) is 2.84. The Labute approximate surface area is 137 Å². The van der Waals surface area contributed by atoms with Crippen LogP contribution >= 0.6 is 23.2 Å². The molecule has 0 aliphatic rings. The minimum Gasteiger partial charge on any atom is -0.481 e. The van der Waals surface area contributed by atoms with E-state index in [4.69, 9.17) is 33.7 Å². The molecule has 2 rings (SSSR count). The van der Waals surface area contributed by atoms with Gasteiger partial charge >= 0.3 is 0 Å². The van der Waals surface area contributed by atoms with Crippen LogP contribution < -0.4 is 15.8 Å². The van der Waals surface area contributed by atoms with Crippen LogP contribution in [0, 0.1) is 5.82 Å². The van der Waals surface area contributed by atoms with E-state index in [-0.39, 0.29) is 21.5 Å². The zero-order valence-electron chi connectivity index (χ0n) is 11.6. The molecule has 1 atom stereocenters. The molecule has 22 heavy (non-hydrogen) atoms. The minimum atomic E-state index is -0.791. The molecule has 2 aromatic rings. The molecule has 4 nitrogen and oxygen atoms in total. The predicted octanol–water partition coefficient (Wildman–Crippen LogP) is 4.12. The van der Waals surface area contributed by atoms with Crippen molar-refractivity contribution in [3.8, 4) is 5.75 Å². The molecule has 0 fully saturated rings. The number of nitrogen functional groups attached to an aromatic ring is 1. The van der Waals surface area contributed by atoms with Crippen LogP contribution in [-0.4, -0.2) is 12.0 Å². The highest BCUT2D eigenvalue weighted by Gasteiger charge is 2.16. The van der Waals surface area contributed by atoms with Crippen molar-refractivity contribution < 1.29 is 13.9 Å². The van der Waals surface area contributed by atoms with Gasteiger partial charge in [-0.05, 0) is 43.3 Å². The van der Waals surface area contributed by atoms with Crippen molar-refractivity contribution in [3.05, 3.63) is 52.3 Å². The van der Waals surface area contributed by atoms with Crippen LogP contribution in [0.2, 0.25) is 10.0 Å². The van der Waals surface area contributed by atoms with Crippen molar-refractivity contribution in [1.29, 1.82) is 0 Å². The van der Waals surface area contributed by atoms with Gasteiger partial charge in [0.25, 0.3) is 5.91 Å². The molecule has 0 bridgehead atoms. The van der Waals surface area contributed by atoms with Crippen molar-refractivity contribution >= 4 is 40.5 Å². The standard InChI is InChI=1S/C15H13Cl2FN2O2/c1-8(22-11-4-2-9(18)3-5-11)15(21)20-10-6-12(16)14(19)13(17)7-10/h2-8H,19H2,1H3,(H,20,21). The third-order valence-corrected chi connectivity index (χ3v) is 3.47. The summed E-state index contributed by atoms with van der Waals surface area (Å²) in [7, 11) is 0. The van der Waals surface area contributed by atoms with Gasteiger partial charge in [-0.3, -0.25) is 4.79 Å². The number of anilines is 2. The van der Waals surface area contributed by atoms with Crippen molar-refractivity contribution in [1.82, 2.24) is 0 Å². The van der Waals surface area contributed by atoms with Crippen molar-refractivity contribution in [2.24, 2.45) is 0 Å². The molecule has 0 spiro atoms. The highest BCUT2D eigenvalue weighted by Crippen LogP contribution is 2.31. The van der Waals surface area contributed by atoms with Crippen LogP contribution in [0.5, 0.6) is 5.75 Å². The average Bonchev–Trinajstić information content (AvgIpc) is 2.47. The number of nitrogens with two attached hydrogens (primary N) is 1. The third kappa shape index (κ3) is 4.02. The van der Waals surface area contributed by atoms with E-state index in [2.05, 4.69) is 5.32 Å². The first-order valence-corrected chi connectivity index (χ1v) is 7.10. The fourth-order valence-corrected chi connectivity index (χ4v) is 2.16. The van der Waals surface area contributed by atoms with E-state index in [0.29, 0.717) is 11.4 Å². The Morgan fingerprint density at radius 3 is 2.32 bits per heavy atom. The van der Waals surface area contributed by atoms with Gasteiger partial charge in [-0.2, -0.15) is 0 Å². The molecule has 0 aliphatic heterocycles. The van der Waals surface area contributed by atoms with Gasteiger partial charge in [0.15, 0.2) is 6.10 Å². The molecule has 0 radical (unpaired) electrons. The quantitative estimate of drug-likeness (QED) is 0.821. The number of benzene rings is 2. The molecule has 1 unspecified atom stereocenters. The zero-order valence-corrected chi connectivity index (χ0v) is 13.1. The lowest BCUT2D eigenvalue weighted by Gasteiger charge is -2.15. The highest BCUT2D eigenvalue weighted by atomic mass is 35.5. The Bertz CT molecular complexity index is 669. The number of amides is 1. The molecule has 0 saturated heterocycles. The molecule has 0 saturated carbocycles. The van der Waals surface area contributed by atoms with Crippen molar-refractivity contribution in [2.45, 2.75) is 13.0 Å². The predicted molar refractivity (Wildman–Crippen MR) is 86.0 cm³/mol. The normalized spacial score (nSPS) is 11.8. The molecule has 0 heterocycles. The number of nitrogens with one attached hydrogen (secondary N) is 1. The van der Waals surface area contributed by atoms with Crippen molar-refractivity contribution in [3.63, 3.8) is 0 Å². The van der Waals surface area contributed by atoms with Gasteiger partial charge in [0.05, 0.1) is 15.7 Å². The first-order chi connectivity index (χ1) is 10.4. The number of hydrogen-bond acceptors (Lipinski definition) is 3. The second-order valence-electron chi connectivity index (χ2n) is 4.56. The van der Waals surface area contributed by atoms with E-state index in [1.807, 2.05) is 0 Å². The summed E-state index contributed by atoms with van der Waals surface area (Å²) in [6.07, 6.45) is -0.791. The van der Waals surface area contributed by atoms with Crippen LogP contribution in [-0.2, 0) is 4.79 Å². The Balaban J connectivity index is 2.03. The maximum Gasteiger partial charge on any atom is 0.265 e. The SMILES string of the molecule is CC(Oc1ccc(F)cc1)C(=O)Nc1cc(Cl)c(N)c(Cl)c1. The van der Waals surface area contributed by atoms with Crippen molar-refractivity contribution in [2.75, 3.05) is 11.1 Å². The monoisotopic (exact) mass is 342 g/mol. The summed E-state index contributed by atoms with van der Waals surface area (Å²) >= 11 is 11.8. The van der Waals surface area contributed by atoms with Crippen LogP contribution in [0.25, 0.3) is 0 Å². The summed E-state index contributed by atoms with van der Waals surface area (Å²) in [6.45, 7) is 1.57. The van der Waals surface area contributed by atoms with Gasteiger partial charge < -0.3 is 15.8 Å². The number of rotatable bonds is 4. The number of carbonyl (C=O) groups excluding carboxylic acids is 1. The Morgan fingerprint density at radius 1 is 1.23 bits per heavy atom. The van der Waals surface area contributed by atoms with Gasteiger partial charge in [0, 0.05) is 5.69 Å². The Morgan fingerprint density at radius 2 is 1.77 bits per heavy atom. The lowest BCUT2D eigenvalue weighted by atomic mass is 10.2. The largest absolute Gasteiger partial charge is 0.481 e. The van der Waals surface area contributed by atoms with E-state index >= 15 is 0 Å². The molecule has 7 heteroatoms. The van der Waals surface area contributed by atoms with Crippen LogP contribution in [0.1, 0.15) is 6.92 Å². The van der Waals surface area contributed by atoms with E-state index in [0.717, 1.165) is 0 Å². The second-order valence-corrected chi connectivity index (χ2v) is 5.37. The second kappa shape index (κ2) is 6.85. The number of ether oxygens (including phenoxy) is 1. The highest BCUT2D eigenvalue weighted by molar-refractivity contribution is 6.39. The van der Waals surface area contributed by atoms with Gasteiger partial charge in [-0.1, -0.05) is 23.2 Å². The first-order valence-electron chi connectivity index (χ1n) is 6.34. The fraction of sp³-hybridized carbons (Fsp3) is 0.133. The molecule has 3 N–H and O–H groups in total. The average molecular weight is 343 g/mol. The van der Waals surface area contributed by atoms with Gasteiger partial charge in [-0.25, -0.2) is 4.39 Å². The minimum absolute atomic E-state index is 0.245. The smallest absolute Gasteiger partial charge is 0.265 e. The van der Waals surface area contributed by atoms with Crippen LogP contribution in [0.3, 0.4) is 0 Å². The summed E-state index contributed by atoms with van der Waals surface area (Å²) in [5.74, 6) is -0.394. The molecule has 0 aromatic heterocycles. The summed E-state index contributed by atoms with van der Waals surface area (Å²) in [6, 6.07) is 8.36. The molecule has 2 aromatic carbocycles. The maximum absolute atomic E-state index is 12.8. The molecular weight excluding hydrogens is 330 g/mol. The van der Waals surface area contributed by atoms with E-state index < -0.39 is 12.0 Å².